The van der Waals surface area contributed by atoms with Crippen molar-refractivity contribution >= 4 is 34.8 Å². The number of aromatic nitrogens is 1. The van der Waals surface area contributed by atoms with E-state index in [1.807, 2.05) is 30.3 Å². The van der Waals surface area contributed by atoms with Gasteiger partial charge in [0.05, 0.1) is 38.9 Å². The van der Waals surface area contributed by atoms with E-state index in [0.29, 0.717) is 32.9 Å². The van der Waals surface area contributed by atoms with Gasteiger partial charge in [0.15, 0.2) is 4.80 Å². The predicted octanol–water partition coefficient (Wildman–Crippen LogP) is 5.55. The van der Waals surface area contributed by atoms with Gasteiger partial charge in [-0.2, -0.15) is 0 Å². The smallest absolute Gasteiger partial charge is 0.338 e. The fourth-order valence-electron chi connectivity index (χ4n) is 5.11. The monoisotopic (exact) mass is 609 g/mol. The highest BCUT2D eigenvalue weighted by Crippen LogP contribution is 2.35. The number of thiazole rings is 1. The van der Waals surface area contributed by atoms with Gasteiger partial charge in [0, 0.05) is 17.7 Å². The SMILES string of the molecule is CCOC(=O)C1=C(c2ccccc2)N=c2s/c(=C\c3ccc(-c4ccc(C)cc4[N+](=O)[O-])o3)c(=O)n2[C@@H]1c1ccc(F)cc1. The van der Waals surface area contributed by atoms with Crippen LogP contribution < -0.4 is 14.9 Å². The molecule has 0 saturated carbocycles. The van der Waals surface area contributed by atoms with Crippen molar-refractivity contribution in [2.24, 2.45) is 4.99 Å². The second kappa shape index (κ2) is 11.7. The molecule has 0 saturated heterocycles. The number of fused-ring (bicyclic) bond motifs is 1. The number of carbonyl (C=O) groups excluding carboxylic acids is 1. The Morgan fingerprint density at radius 3 is 2.57 bits per heavy atom. The van der Waals surface area contributed by atoms with Gasteiger partial charge in [0.25, 0.3) is 11.2 Å². The van der Waals surface area contributed by atoms with Gasteiger partial charge in [-0.25, -0.2) is 14.2 Å². The van der Waals surface area contributed by atoms with Gasteiger partial charge in [-0.1, -0.05) is 59.9 Å². The minimum Gasteiger partial charge on any atom is -0.463 e. The number of hydrogen-bond acceptors (Lipinski definition) is 8. The molecule has 0 bridgehead atoms. The van der Waals surface area contributed by atoms with Crippen LogP contribution in [0.2, 0.25) is 0 Å². The number of aryl methyl sites for hydroxylation is 1. The Hall–Kier alpha value is -5.42. The van der Waals surface area contributed by atoms with Crippen molar-refractivity contribution in [2.45, 2.75) is 19.9 Å². The largest absolute Gasteiger partial charge is 0.463 e. The van der Waals surface area contributed by atoms with E-state index in [1.54, 1.807) is 38.1 Å². The molecule has 3 heterocycles. The number of carbonyl (C=O) groups is 1. The Bertz CT molecular complexity index is 2130. The van der Waals surface area contributed by atoms with Crippen LogP contribution in [0.25, 0.3) is 23.1 Å². The summed E-state index contributed by atoms with van der Waals surface area (Å²) in [5, 5.41) is 11.7. The van der Waals surface area contributed by atoms with E-state index in [0.717, 1.165) is 16.9 Å². The molecule has 0 radical (unpaired) electrons. The first-order chi connectivity index (χ1) is 21.2. The van der Waals surface area contributed by atoms with Crippen LogP contribution in [0.1, 0.15) is 35.4 Å². The van der Waals surface area contributed by atoms with E-state index in [1.165, 1.54) is 41.0 Å². The number of rotatable bonds is 7. The molecule has 0 fully saturated rings. The van der Waals surface area contributed by atoms with Crippen molar-refractivity contribution in [3.8, 4) is 11.3 Å². The molecule has 5 aromatic rings. The van der Waals surface area contributed by atoms with E-state index in [4.69, 9.17) is 14.1 Å². The number of benzene rings is 3. The van der Waals surface area contributed by atoms with E-state index >= 15 is 0 Å². The lowest BCUT2D eigenvalue weighted by molar-refractivity contribution is -0.384. The zero-order chi connectivity index (χ0) is 31.0. The molecular weight excluding hydrogens is 585 g/mol. The summed E-state index contributed by atoms with van der Waals surface area (Å²) < 4.78 is 27.0. The first-order valence-electron chi connectivity index (χ1n) is 13.6. The summed E-state index contributed by atoms with van der Waals surface area (Å²) in [6, 6.07) is 21.8. The lowest BCUT2D eigenvalue weighted by Crippen LogP contribution is -2.40. The molecule has 0 amide bonds. The summed E-state index contributed by atoms with van der Waals surface area (Å²) >= 11 is 1.10. The molecule has 1 aliphatic rings. The number of halogens is 1. The lowest BCUT2D eigenvalue weighted by atomic mass is 9.93. The summed E-state index contributed by atoms with van der Waals surface area (Å²) in [4.78, 5) is 43.8. The third-order valence-corrected chi connectivity index (χ3v) is 8.06. The third kappa shape index (κ3) is 5.29. The van der Waals surface area contributed by atoms with Crippen LogP contribution in [0.3, 0.4) is 0 Å². The van der Waals surface area contributed by atoms with Crippen molar-refractivity contribution in [3.63, 3.8) is 0 Å². The maximum atomic E-state index is 14.0. The Morgan fingerprint density at radius 2 is 1.86 bits per heavy atom. The van der Waals surface area contributed by atoms with Crippen LogP contribution in [0.15, 0.2) is 105 Å². The topological polar surface area (TPSA) is 117 Å². The highest BCUT2D eigenvalue weighted by Gasteiger charge is 2.35. The Balaban J connectivity index is 1.55. The molecule has 1 atom stereocenters. The lowest BCUT2D eigenvalue weighted by Gasteiger charge is -2.25. The normalized spacial score (nSPS) is 14.7. The van der Waals surface area contributed by atoms with Gasteiger partial charge in [0.1, 0.15) is 17.3 Å². The molecule has 1 aliphatic heterocycles. The number of hydrogen-bond donors (Lipinski definition) is 0. The maximum Gasteiger partial charge on any atom is 0.338 e. The van der Waals surface area contributed by atoms with Crippen molar-refractivity contribution in [1.82, 2.24) is 4.57 Å². The molecular formula is C33H24FN3O6S. The van der Waals surface area contributed by atoms with E-state index < -0.39 is 28.3 Å². The fraction of sp³-hybridized carbons (Fsp3) is 0.121. The van der Waals surface area contributed by atoms with Gasteiger partial charge >= 0.3 is 5.97 Å². The number of nitro groups is 1. The van der Waals surface area contributed by atoms with Gasteiger partial charge in [-0.05, 0) is 55.3 Å². The zero-order valence-electron chi connectivity index (χ0n) is 23.5. The van der Waals surface area contributed by atoms with Crippen molar-refractivity contribution in [2.75, 3.05) is 6.61 Å². The Labute approximate surface area is 253 Å². The van der Waals surface area contributed by atoms with E-state index in [-0.39, 0.29) is 28.2 Å². The molecule has 0 N–H and O–H groups in total. The van der Waals surface area contributed by atoms with Crippen molar-refractivity contribution < 1.29 is 23.3 Å². The van der Waals surface area contributed by atoms with Gasteiger partial charge in [-0.3, -0.25) is 19.5 Å². The number of esters is 1. The van der Waals surface area contributed by atoms with Crippen LogP contribution in [0.4, 0.5) is 10.1 Å². The van der Waals surface area contributed by atoms with Crippen LogP contribution in [0.5, 0.6) is 0 Å². The second-order valence-electron chi connectivity index (χ2n) is 9.96. The summed E-state index contributed by atoms with van der Waals surface area (Å²) in [5.41, 5.74) is 2.15. The Morgan fingerprint density at radius 1 is 1.11 bits per heavy atom. The van der Waals surface area contributed by atoms with Gasteiger partial charge < -0.3 is 9.15 Å². The summed E-state index contributed by atoms with van der Waals surface area (Å²) in [7, 11) is 0. The summed E-state index contributed by atoms with van der Waals surface area (Å²) in [6.07, 6.45) is 1.53. The first-order valence-corrected chi connectivity index (χ1v) is 14.5. The van der Waals surface area contributed by atoms with Gasteiger partial charge in [0.2, 0.25) is 0 Å². The highest BCUT2D eigenvalue weighted by molar-refractivity contribution is 7.07. The van der Waals surface area contributed by atoms with E-state index in [9.17, 15) is 24.1 Å². The van der Waals surface area contributed by atoms with Crippen LogP contribution >= 0.6 is 11.3 Å². The maximum absolute atomic E-state index is 14.0. The fourth-order valence-corrected chi connectivity index (χ4v) is 6.09. The highest BCUT2D eigenvalue weighted by atomic mass is 32.1. The number of ether oxygens (including phenoxy) is 1. The van der Waals surface area contributed by atoms with Crippen LogP contribution in [-0.2, 0) is 9.53 Å². The first kappa shape index (κ1) is 28.7. The third-order valence-electron chi connectivity index (χ3n) is 7.07. The number of furan rings is 1. The second-order valence-corrected chi connectivity index (χ2v) is 11.0. The van der Waals surface area contributed by atoms with Gasteiger partial charge in [-0.15, -0.1) is 0 Å². The summed E-state index contributed by atoms with van der Waals surface area (Å²) in [5.74, 6) is -0.537. The average molecular weight is 610 g/mol. The minimum absolute atomic E-state index is 0.0930. The molecule has 44 heavy (non-hydrogen) atoms. The summed E-state index contributed by atoms with van der Waals surface area (Å²) in [6.45, 7) is 3.55. The molecule has 0 aliphatic carbocycles. The van der Waals surface area contributed by atoms with Crippen LogP contribution in [0, 0.1) is 22.9 Å². The Kier molecular flexibility index (Phi) is 7.62. The molecule has 3 aromatic carbocycles. The van der Waals surface area contributed by atoms with Crippen molar-refractivity contribution in [1.29, 1.82) is 0 Å². The molecule has 220 valence electrons. The number of nitrogens with zero attached hydrogens (tertiary/aromatic N) is 3. The standard InChI is InChI=1S/C33H24FN3O6S/c1-3-42-32(39)28-29(20-7-5-4-6-8-20)35-33-36(30(28)21-10-12-22(34)13-11-21)31(38)27(44-33)18-23-14-16-26(43-23)24-15-9-19(2)17-25(24)37(40)41/h4-18,30H,3H2,1-2H3/b27-18-/t30-/m1/s1. The van der Waals surface area contributed by atoms with Crippen molar-refractivity contribution in [3.05, 3.63) is 149 Å². The number of nitro benzene ring substituents is 1. The minimum atomic E-state index is -0.953. The zero-order valence-corrected chi connectivity index (χ0v) is 24.3. The average Bonchev–Trinajstić information content (AvgIpc) is 3.61. The molecule has 0 spiro atoms. The van der Waals surface area contributed by atoms with Crippen LogP contribution in [-0.4, -0.2) is 22.1 Å². The molecule has 9 nitrogen and oxygen atoms in total. The van der Waals surface area contributed by atoms with E-state index in [2.05, 4.69) is 0 Å². The molecule has 2 aromatic heterocycles. The predicted molar refractivity (Wildman–Crippen MR) is 163 cm³/mol. The molecule has 11 heteroatoms. The quantitative estimate of drug-likeness (QED) is 0.136. The molecule has 6 rings (SSSR count). The molecule has 0 unspecified atom stereocenters.